The van der Waals surface area contributed by atoms with Gasteiger partial charge in [-0.05, 0) is 43.4 Å². The molecule has 0 aromatic heterocycles. The van der Waals surface area contributed by atoms with Crippen molar-refractivity contribution in [2.24, 2.45) is 22.1 Å². The first-order valence-electron chi connectivity index (χ1n) is 6.81. The van der Waals surface area contributed by atoms with Crippen molar-refractivity contribution in [3.05, 3.63) is 0 Å². The average Bonchev–Trinajstić information content (AvgIpc) is 3.01. The molecule has 2 saturated carbocycles. The van der Waals surface area contributed by atoms with Crippen molar-refractivity contribution < 1.29 is 0 Å². The van der Waals surface area contributed by atoms with Gasteiger partial charge in [0.25, 0.3) is 0 Å². The Morgan fingerprint density at radius 3 is 2.69 bits per heavy atom. The highest BCUT2D eigenvalue weighted by Gasteiger charge is 2.48. The molecule has 2 fully saturated rings. The van der Waals surface area contributed by atoms with E-state index in [9.17, 15) is 0 Å². The first kappa shape index (κ1) is 11.7. The molecule has 0 amide bonds. The zero-order valence-corrected chi connectivity index (χ0v) is 10.5. The van der Waals surface area contributed by atoms with E-state index in [-0.39, 0.29) is 0 Å². The number of hydrogen-bond acceptors (Lipinski definition) is 1. The zero-order valence-electron chi connectivity index (χ0n) is 10.5. The fourth-order valence-corrected chi connectivity index (χ4v) is 2.71. The first-order chi connectivity index (χ1) is 7.77. The molecule has 2 aliphatic carbocycles. The molecule has 3 nitrogen and oxygen atoms in total. The molecule has 2 rings (SSSR count). The van der Waals surface area contributed by atoms with Crippen LogP contribution >= 0.6 is 0 Å². The summed E-state index contributed by atoms with van der Waals surface area (Å²) in [4.78, 5) is 4.53. The van der Waals surface area contributed by atoms with Gasteiger partial charge >= 0.3 is 0 Å². The minimum Gasteiger partial charge on any atom is -0.370 e. The maximum Gasteiger partial charge on any atom is 0.188 e. The molecule has 0 heterocycles. The van der Waals surface area contributed by atoms with E-state index in [0.717, 1.165) is 19.0 Å². The second-order valence-electron chi connectivity index (χ2n) is 5.47. The third-order valence-corrected chi connectivity index (χ3v) is 4.19. The molecular formula is C13H25N3. The molecular weight excluding hydrogens is 198 g/mol. The monoisotopic (exact) mass is 223 g/mol. The Morgan fingerprint density at radius 1 is 1.44 bits per heavy atom. The van der Waals surface area contributed by atoms with Gasteiger partial charge in [0, 0.05) is 13.1 Å². The highest BCUT2D eigenvalue weighted by Crippen LogP contribution is 2.57. The van der Waals surface area contributed by atoms with Crippen molar-refractivity contribution in [1.29, 1.82) is 0 Å². The number of nitrogens with one attached hydrogen (secondary N) is 1. The number of nitrogens with two attached hydrogens (primary N) is 1. The van der Waals surface area contributed by atoms with E-state index < -0.39 is 0 Å². The number of guanidine groups is 1. The van der Waals surface area contributed by atoms with Crippen LogP contribution in [-0.4, -0.2) is 19.0 Å². The second-order valence-corrected chi connectivity index (χ2v) is 5.47. The molecule has 16 heavy (non-hydrogen) atoms. The van der Waals surface area contributed by atoms with Gasteiger partial charge in [0.05, 0.1) is 0 Å². The quantitative estimate of drug-likeness (QED) is 0.412. The van der Waals surface area contributed by atoms with Gasteiger partial charge in [-0.1, -0.05) is 19.8 Å². The molecule has 0 aromatic rings. The van der Waals surface area contributed by atoms with Crippen LogP contribution in [0.15, 0.2) is 4.99 Å². The normalized spacial score (nSPS) is 23.9. The molecule has 0 aliphatic heterocycles. The van der Waals surface area contributed by atoms with Gasteiger partial charge in [0.15, 0.2) is 5.96 Å². The fourth-order valence-electron chi connectivity index (χ4n) is 2.71. The number of nitrogens with zero attached hydrogens (tertiary/aromatic N) is 1. The fraction of sp³-hybridized carbons (Fsp3) is 0.923. The summed E-state index contributed by atoms with van der Waals surface area (Å²) in [6.07, 6.45) is 9.38. The molecule has 3 heteroatoms. The molecule has 0 radical (unpaired) electrons. The van der Waals surface area contributed by atoms with E-state index in [0.29, 0.717) is 11.4 Å². The van der Waals surface area contributed by atoms with Crippen LogP contribution in [-0.2, 0) is 0 Å². The Balaban J connectivity index is 1.73. The highest BCUT2D eigenvalue weighted by atomic mass is 15.1. The van der Waals surface area contributed by atoms with E-state index in [1.807, 2.05) is 0 Å². The zero-order chi connectivity index (χ0) is 11.4. The van der Waals surface area contributed by atoms with Gasteiger partial charge in [-0.2, -0.15) is 0 Å². The van der Waals surface area contributed by atoms with Crippen molar-refractivity contribution in [3.63, 3.8) is 0 Å². The maximum atomic E-state index is 5.86. The Hall–Kier alpha value is -0.730. The summed E-state index contributed by atoms with van der Waals surface area (Å²) in [5.41, 5.74) is 6.41. The predicted molar refractivity (Wildman–Crippen MR) is 68.4 cm³/mol. The SMILES string of the molecule is CCCCNC(N)=NCC1(C2CC2)CCC1. The minimum atomic E-state index is 0.553. The van der Waals surface area contributed by atoms with E-state index in [1.165, 1.54) is 44.9 Å². The molecule has 2 aliphatic rings. The molecule has 0 saturated heterocycles. The van der Waals surface area contributed by atoms with Gasteiger partial charge < -0.3 is 11.1 Å². The third-order valence-electron chi connectivity index (χ3n) is 4.19. The molecule has 92 valence electrons. The van der Waals surface area contributed by atoms with Gasteiger partial charge in [-0.15, -0.1) is 0 Å². The molecule has 0 bridgehead atoms. The maximum absolute atomic E-state index is 5.86. The summed E-state index contributed by atoms with van der Waals surface area (Å²) >= 11 is 0. The predicted octanol–water partition coefficient (Wildman–Crippen LogP) is 2.27. The van der Waals surface area contributed by atoms with Crippen LogP contribution in [0, 0.1) is 11.3 Å². The number of hydrogen-bond donors (Lipinski definition) is 2. The van der Waals surface area contributed by atoms with Gasteiger partial charge in [-0.3, -0.25) is 4.99 Å². The van der Waals surface area contributed by atoms with Gasteiger partial charge in [0.1, 0.15) is 0 Å². The summed E-state index contributed by atoms with van der Waals surface area (Å²) in [7, 11) is 0. The van der Waals surface area contributed by atoms with E-state index in [1.54, 1.807) is 0 Å². The largest absolute Gasteiger partial charge is 0.370 e. The van der Waals surface area contributed by atoms with Crippen LogP contribution < -0.4 is 11.1 Å². The summed E-state index contributed by atoms with van der Waals surface area (Å²) < 4.78 is 0. The highest BCUT2D eigenvalue weighted by molar-refractivity contribution is 5.77. The van der Waals surface area contributed by atoms with Crippen LogP contribution in [0.25, 0.3) is 0 Å². The second kappa shape index (κ2) is 5.07. The molecule has 3 N–H and O–H groups in total. The Bertz CT molecular complexity index is 252. The van der Waals surface area contributed by atoms with Crippen LogP contribution in [0.3, 0.4) is 0 Å². The van der Waals surface area contributed by atoms with Crippen LogP contribution in [0.4, 0.5) is 0 Å². The van der Waals surface area contributed by atoms with Crippen molar-refractivity contribution in [2.45, 2.75) is 51.9 Å². The lowest BCUT2D eigenvalue weighted by atomic mass is 9.65. The average molecular weight is 223 g/mol. The molecule has 0 aromatic carbocycles. The van der Waals surface area contributed by atoms with Gasteiger partial charge in [0.2, 0.25) is 0 Å². The van der Waals surface area contributed by atoms with E-state index in [2.05, 4.69) is 17.2 Å². The van der Waals surface area contributed by atoms with E-state index in [4.69, 9.17) is 5.73 Å². The number of unbranched alkanes of at least 4 members (excludes halogenated alkanes) is 1. The standard InChI is InChI=1S/C13H25N3/c1-2-3-9-15-12(14)16-10-13(7-4-8-13)11-5-6-11/h11H,2-10H2,1H3,(H3,14,15,16). The third kappa shape index (κ3) is 2.69. The number of aliphatic imine (C=N–C) groups is 1. The van der Waals surface area contributed by atoms with Crippen LogP contribution in [0.1, 0.15) is 51.9 Å². The van der Waals surface area contributed by atoms with Crippen molar-refractivity contribution in [2.75, 3.05) is 13.1 Å². The van der Waals surface area contributed by atoms with Crippen molar-refractivity contribution >= 4 is 5.96 Å². The van der Waals surface area contributed by atoms with Gasteiger partial charge in [-0.25, -0.2) is 0 Å². The lowest BCUT2D eigenvalue weighted by Crippen LogP contribution is -2.38. The van der Waals surface area contributed by atoms with Crippen molar-refractivity contribution in [3.8, 4) is 0 Å². The minimum absolute atomic E-state index is 0.553. The van der Waals surface area contributed by atoms with Crippen LogP contribution in [0.2, 0.25) is 0 Å². The van der Waals surface area contributed by atoms with E-state index >= 15 is 0 Å². The molecule has 0 atom stereocenters. The lowest BCUT2D eigenvalue weighted by Gasteiger charge is -2.41. The summed E-state index contributed by atoms with van der Waals surface area (Å²) in [5, 5.41) is 3.19. The topological polar surface area (TPSA) is 50.4 Å². The summed E-state index contributed by atoms with van der Waals surface area (Å²) in [5.74, 6) is 1.62. The molecule has 0 unspecified atom stereocenters. The Labute approximate surface area is 98.9 Å². The summed E-state index contributed by atoms with van der Waals surface area (Å²) in [6.45, 7) is 4.11. The number of rotatable bonds is 6. The smallest absolute Gasteiger partial charge is 0.188 e. The van der Waals surface area contributed by atoms with Crippen molar-refractivity contribution in [1.82, 2.24) is 5.32 Å². The molecule has 0 spiro atoms. The Kier molecular flexibility index (Phi) is 3.72. The first-order valence-corrected chi connectivity index (χ1v) is 6.81. The lowest BCUT2D eigenvalue weighted by molar-refractivity contribution is 0.113. The van der Waals surface area contributed by atoms with Crippen LogP contribution in [0.5, 0.6) is 0 Å². The Morgan fingerprint density at radius 2 is 2.19 bits per heavy atom. The summed E-state index contributed by atoms with van der Waals surface area (Å²) in [6, 6.07) is 0.